The molecular formula is C13H18O2. The number of epoxide rings is 1. The Morgan fingerprint density at radius 2 is 2.00 bits per heavy atom. The molecule has 82 valence electrons. The van der Waals surface area contributed by atoms with E-state index in [2.05, 4.69) is 19.1 Å². The summed E-state index contributed by atoms with van der Waals surface area (Å²) in [6.07, 6.45) is 3.18. The van der Waals surface area contributed by atoms with Crippen LogP contribution in [0.15, 0.2) is 30.3 Å². The number of hydrogen-bond donors (Lipinski definition) is 0. The van der Waals surface area contributed by atoms with Crippen molar-refractivity contribution in [3.05, 3.63) is 35.9 Å². The highest BCUT2D eigenvalue weighted by molar-refractivity contribution is 5.13. The molecule has 0 amide bonds. The van der Waals surface area contributed by atoms with E-state index in [1.807, 2.05) is 18.2 Å². The molecule has 1 aromatic rings. The first-order valence-corrected chi connectivity index (χ1v) is 5.67. The summed E-state index contributed by atoms with van der Waals surface area (Å²) in [6.45, 7) is 3.61. The van der Waals surface area contributed by atoms with Crippen molar-refractivity contribution in [3.8, 4) is 0 Å². The van der Waals surface area contributed by atoms with Crippen molar-refractivity contribution in [2.75, 3.05) is 6.61 Å². The Morgan fingerprint density at radius 3 is 2.73 bits per heavy atom. The minimum absolute atomic E-state index is 0.355. The summed E-state index contributed by atoms with van der Waals surface area (Å²) in [5, 5.41) is 0. The molecule has 0 spiro atoms. The smallest absolute Gasteiger partial charge is 0.107 e. The van der Waals surface area contributed by atoms with E-state index >= 15 is 0 Å². The standard InChI is InChI=1S/C13H18O2/c1-2-6-12-13(15-12)10-14-9-11-7-4-3-5-8-11/h3-5,7-8,12-13H,2,6,9-10H2,1H3/t12-,13-/m1/s1. The SMILES string of the molecule is CCC[C@H]1O[C@@H]1COCc1ccccc1. The summed E-state index contributed by atoms with van der Waals surface area (Å²) in [5.41, 5.74) is 1.23. The first-order valence-electron chi connectivity index (χ1n) is 5.67. The van der Waals surface area contributed by atoms with E-state index in [0.717, 1.165) is 6.61 Å². The maximum Gasteiger partial charge on any atom is 0.107 e. The quantitative estimate of drug-likeness (QED) is 0.667. The van der Waals surface area contributed by atoms with Crippen LogP contribution in [0.2, 0.25) is 0 Å². The Hall–Kier alpha value is -0.860. The van der Waals surface area contributed by atoms with E-state index in [0.29, 0.717) is 18.8 Å². The number of hydrogen-bond acceptors (Lipinski definition) is 2. The Kier molecular flexibility index (Phi) is 3.75. The third kappa shape index (κ3) is 3.33. The molecule has 0 radical (unpaired) electrons. The van der Waals surface area contributed by atoms with Gasteiger partial charge in [0, 0.05) is 0 Å². The van der Waals surface area contributed by atoms with Gasteiger partial charge >= 0.3 is 0 Å². The second-order valence-corrected chi connectivity index (χ2v) is 4.00. The summed E-state index contributed by atoms with van der Waals surface area (Å²) < 4.78 is 11.1. The predicted molar refractivity (Wildman–Crippen MR) is 59.7 cm³/mol. The Labute approximate surface area is 91.2 Å². The van der Waals surface area contributed by atoms with Crippen LogP contribution >= 0.6 is 0 Å². The second kappa shape index (κ2) is 5.29. The summed E-state index contributed by atoms with van der Waals surface area (Å²) >= 11 is 0. The lowest BCUT2D eigenvalue weighted by molar-refractivity contribution is 0.104. The molecule has 1 fully saturated rings. The lowest BCUT2D eigenvalue weighted by Gasteiger charge is -2.01. The van der Waals surface area contributed by atoms with Gasteiger partial charge in [0.2, 0.25) is 0 Å². The van der Waals surface area contributed by atoms with Gasteiger partial charge in [0.15, 0.2) is 0 Å². The summed E-state index contributed by atoms with van der Waals surface area (Å²) in [5.74, 6) is 0. The van der Waals surface area contributed by atoms with Gasteiger partial charge in [-0.15, -0.1) is 0 Å². The molecule has 2 atom stereocenters. The molecule has 1 saturated heterocycles. The normalized spacial score (nSPS) is 24.1. The monoisotopic (exact) mass is 206 g/mol. The molecule has 1 aromatic carbocycles. The first kappa shape index (κ1) is 10.7. The van der Waals surface area contributed by atoms with Crippen LogP contribution in [0.3, 0.4) is 0 Å². The fraction of sp³-hybridized carbons (Fsp3) is 0.538. The molecule has 0 bridgehead atoms. The summed E-state index contributed by atoms with van der Waals surface area (Å²) in [6, 6.07) is 10.2. The molecule has 2 heteroatoms. The highest BCUT2D eigenvalue weighted by Gasteiger charge is 2.37. The molecule has 0 aromatic heterocycles. The zero-order valence-electron chi connectivity index (χ0n) is 9.19. The fourth-order valence-electron chi connectivity index (χ4n) is 1.73. The molecular weight excluding hydrogens is 188 g/mol. The van der Waals surface area contributed by atoms with Crippen molar-refractivity contribution < 1.29 is 9.47 Å². The van der Waals surface area contributed by atoms with Gasteiger partial charge in [0.25, 0.3) is 0 Å². The molecule has 1 aliphatic heterocycles. The second-order valence-electron chi connectivity index (χ2n) is 4.00. The third-order valence-corrected chi connectivity index (χ3v) is 2.65. The maximum atomic E-state index is 5.60. The Bertz CT molecular complexity index is 284. The van der Waals surface area contributed by atoms with Crippen molar-refractivity contribution >= 4 is 0 Å². The Morgan fingerprint density at radius 1 is 1.20 bits per heavy atom. The molecule has 2 nitrogen and oxygen atoms in total. The minimum Gasteiger partial charge on any atom is -0.374 e. The number of rotatable bonds is 6. The zero-order valence-corrected chi connectivity index (χ0v) is 9.19. The molecule has 0 saturated carbocycles. The number of ether oxygens (including phenoxy) is 2. The van der Waals surface area contributed by atoms with E-state index in [-0.39, 0.29) is 0 Å². The summed E-state index contributed by atoms with van der Waals surface area (Å²) in [4.78, 5) is 0. The van der Waals surface area contributed by atoms with Crippen LogP contribution in [0.4, 0.5) is 0 Å². The van der Waals surface area contributed by atoms with E-state index < -0.39 is 0 Å². The van der Waals surface area contributed by atoms with Gasteiger partial charge in [-0.25, -0.2) is 0 Å². The highest BCUT2D eigenvalue weighted by Crippen LogP contribution is 2.26. The summed E-state index contributed by atoms with van der Waals surface area (Å²) in [7, 11) is 0. The van der Waals surface area contributed by atoms with E-state index in [1.54, 1.807) is 0 Å². The van der Waals surface area contributed by atoms with E-state index in [1.165, 1.54) is 18.4 Å². The minimum atomic E-state index is 0.355. The van der Waals surface area contributed by atoms with Crippen molar-refractivity contribution in [1.29, 1.82) is 0 Å². The molecule has 1 aliphatic rings. The average molecular weight is 206 g/mol. The topological polar surface area (TPSA) is 21.8 Å². The van der Waals surface area contributed by atoms with E-state index in [9.17, 15) is 0 Å². The van der Waals surface area contributed by atoms with Crippen LogP contribution in [0.1, 0.15) is 25.3 Å². The van der Waals surface area contributed by atoms with Gasteiger partial charge in [-0.05, 0) is 12.0 Å². The van der Waals surface area contributed by atoms with Crippen LogP contribution in [0, 0.1) is 0 Å². The Balaban J connectivity index is 1.60. The van der Waals surface area contributed by atoms with E-state index in [4.69, 9.17) is 9.47 Å². The van der Waals surface area contributed by atoms with Crippen LogP contribution in [0.25, 0.3) is 0 Å². The third-order valence-electron chi connectivity index (χ3n) is 2.65. The highest BCUT2D eigenvalue weighted by atomic mass is 16.6. The number of benzene rings is 1. The molecule has 0 aliphatic carbocycles. The largest absolute Gasteiger partial charge is 0.374 e. The van der Waals surface area contributed by atoms with Gasteiger partial charge in [-0.1, -0.05) is 43.7 Å². The average Bonchev–Trinajstić information content (AvgIpc) is 2.99. The first-order chi connectivity index (χ1) is 7.40. The molecule has 15 heavy (non-hydrogen) atoms. The molecule has 0 N–H and O–H groups in total. The van der Waals surface area contributed by atoms with Gasteiger partial charge in [-0.2, -0.15) is 0 Å². The lowest BCUT2D eigenvalue weighted by Crippen LogP contribution is -2.04. The zero-order chi connectivity index (χ0) is 10.5. The van der Waals surface area contributed by atoms with Crippen molar-refractivity contribution in [2.24, 2.45) is 0 Å². The van der Waals surface area contributed by atoms with Crippen molar-refractivity contribution in [3.63, 3.8) is 0 Å². The van der Waals surface area contributed by atoms with Gasteiger partial charge in [-0.3, -0.25) is 0 Å². The molecule has 0 unspecified atom stereocenters. The van der Waals surface area contributed by atoms with Crippen LogP contribution in [-0.2, 0) is 16.1 Å². The fourth-order valence-corrected chi connectivity index (χ4v) is 1.73. The molecule has 1 heterocycles. The predicted octanol–water partition coefficient (Wildman–Crippen LogP) is 2.77. The van der Waals surface area contributed by atoms with Crippen molar-refractivity contribution in [1.82, 2.24) is 0 Å². The maximum absolute atomic E-state index is 5.60. The molecule has 2 rings (SSSR count). The van der Waals surface area contributed by atoms with Gasteiger partial charge in [0.1, 0.15) is 6.10 Å². The van der Waals surface area contributed by atoms with Gasteiger partial charge < -0.3 is 9.47 Å². The van der Waals surface area contributed by atoms with Gasteiger partial charge in [0.05, 0.1) is 19.3 Å². The van der Waals surface area contributed by atoms with Crippen LogP contribution in [-0.4, -0.2) is 18.8 Å². The van der Waals surface area contributed by atoms with Crippen LogP contribution in [0.5, 0.6) is 0 Å². The van der Waals surface area contributed by atoms with Crippen LogP contribution < -0.4 is 0 Å². The van der Waals surface area contributed by atoms with Crippen molar-refractivity contribution in [2.45, 2.75) is 38.6 Å². The lowest BCUT2D eigenvalue weighted by atomic mass is 10.2.